The summed E-state index contributed by atoms with van der Waals surface area (Å²) in [6.45, 7) is 2.32. The highest BCUT2D eigenvalue weighted by molar-refractivity contribution is 5.55. The van der Waals surface area contributed by atoms with Gasteiger partial charge in [-0.15, -0.1) is 0 Å². The van der Waals surface area contributed by atoms with Gasteiger partial charge in [0.15, 0.2) is 11.5 Å². The van der Waals surface area contributed by atoms with E-state index in [1.807, 2.05) is 24.3 Å². The number of fused-ring (bicyclic) bond motifs is 1. The van der Waals surface area contributed by atoms with Gasteiger partial charge in [0.05, 0.1) is 27.9 Å². The van der Waals surface area contributed by atoms with Gasteiger partial charge in [-0.25, -0.2) is 0 Å². The van der Waals surface area contributed by atoms with Crippen LogP contribution in [-0.2, 0) is 13.0 Å². The first-order valence-electron chi connectivity index (χ1n) is 8.46. The minimum absolute atomic E-state index is 0.459. The van der Waals surface area contributed by atoms with Crippen molar-refractivity contribution in [1.82, 2.24) is 5.32 Å². The molecule has 1 heterocycles. The molecule has 134 valence electrons. The Kier molecular flexibility index (Phi) is 5.66. The Labute approximate surface area is 148 Å². The second-order valence-corrected chi connectivity index (χ2v) is 6.11. The Morgan fingerprint density at radius 3 is 2.56 bits per heavy atom. The van der Waals surface area contributed by atoms with Crippen molar-refractivity contribution in [2.45, 2.75) is 13.0 Å². The van der Waals surface area contributed by atoms with Gasteiger partial charge in [-0.2, -0.15) is 0 Å². The topological polar surface area (TPSA) is 49.0 Å². The van der Waals surface area contributed by atoms with Crippen LogP contribution in [0.25, 0.3) is 0 Å². The second kappa shape index (κ2) is 8.12. The van der Waals surface area contributed by atoms with E-state index in [1.54, 1.807) is 21.3 Å². The zero-order valence-corrected chi connectivity index (χ0v) is 15.0. The molecule has 0 saturated carbocycles. The maximum Gasteiger partial charge on any atom is 0.203 e. The summed E-state index contributed by atoms with van der Waals surface area (Å²) < 4.78 is 22.1. The lowest BCUT2D eigenvalue weighted by atomic mass is 9.96. The highest BCUT2D eigenvalue weighted by Gasteiger charge is 2.20. The molecule has 2 aromatic carbocycles. The molecule has 1 aliphatic heterocycles. The minimum atomic E-state index is 0.459. The molecule has 25 heavy (non-hydrogen) atoms. The summed E-state index contributed by atoms with van der Waals surface area (Å²) in [4.78, 5) is 0. The third-order valence-electron chi connectivity index (χ3n) is 4.49. The molecule has 0 aliphatic carbocycles. The number of rotatable bonds is 7. The van der Waals surface area contributed by atoms with E-state index in [-0.39, 0.29) is 0 Å². The number of hydrogen-bond acceptors (Lipinski definition) is 5. The predicted molar refractivity (Wildman–Crippen MR) is 96.9 cm³/mol. The molecule has 0 bridgehead atoms. The normalized spacial score (nSPS) is 15.9. The summed E-state index contributed by atoms with van der Waals surface area (Å²) in [5.74, 6) is 3.47. The molecule has 0 amide bonds. The lowest BCUT2D eigenvalue weighted by molar-refractivity contribution is 0.218. The van der Waals surface area contributed by atoms with Crippen LogP contribution in [0.4, 0.5) is 0 Å². The van der Waals surface area contributed by atoms with E-state index in [4.69, 9.17) is 18.9 Å². The fraction of sp³-hybridized carbons (Fsp3) is 0.400. The van der Waals surface area contributed by atoms with Gasteiger partial charge in [0, 0.05) is 24.6 Å². The van der Waals surface area contributed by atoms with E-state index in [0.717, 1.165) is 30.9 Å². The van der Waals surface area contributed by atoms with Crippen LogP contribution in [0.2, 0.25) is 0 Å². The van der Waals surface area contributed by atoms with Crippen LogP contribution in [-0.4, -0.2) is 34.5 Å². The lowest BCUT2D eigenvalue weighted by Gasteiger charge is -2.25. The Balaban J connectivity index is 1.61. The van der Waals surface area contributed by atoms with Crippen molar-refractivity contribution in [2.24, 2.45) is 5.92 Å². The molecule has 0 spiro atoms. The zero-order chi connectivity index (χ0) is 17.6. The number of nitrogens with one attached hydrogen (secondary N) is 1. The summed E-state index contributed by atoms with van der Waals surface area (Å²) in [5.41, 5.74) is 2.32. The number of para-hydroxylation sites is 1. The maximum absolute atomic E-state index is 5.85. The largest absolute Gasteiger partial charge is 0.493 e. The van der Waals surface area contributed by atoms with Crippen molar-refractivity contribution in [1.29, 1.82) is 0 Å². The van der Waals surface area contributed by atoms with Crippen molar-refractivity contribution in [3.05, 3.63) is 47.5 Å². The third kappa shape index (κ3) is 3.82. The van der Waals surface area contributed by atoms with Gasteiger partial charge < -0.3 is 24.3 Å². The van der Waals surface area contributed by atoms with Crippen molar-refractivity contribution < 1.29 is 18.9 Å². The Bertz CT molecular complexity index is 717. The Morgan fingerprint density at radius 1 is 1.00 bits per heavy atom. The van der Waals surface area contributed by atoms with E-state index in [9.17, 15) is 0 Å². The van der Waals surface area contributed by atoms with Crippen LogP contribution in [0, 0.1) is 5.92 Å². The minimum Gasteiger partial charge on any atom is -0.493 e. The first-order chi connectivity index (χ1) is 12.3. The summed E-state index contributed by atoms with van der Waals surface area (Å²) in [6, 6.07) is 12.2. The smallest absolute Gasteiger partial charge is 0.203 e. The van der Waals surface area contributed by atoms with E-state index >= 15 is 0 Å². The van der Waals surface area contributed by atoms with Gasteiger partial charge in [-0.1, -0.05) is 24.3 Å². The van der Waals surface area contributed by atoms with Gasteiger partial charge in [-0.3, -0.25) is 0 Å². The average Bonchev–Trinajstić information content (AvgIpc) is 2.67. The number of benzene rings is 2. The molecule has 0 fully saturated rings. The van der Waals surface area contributed by atoms with Crippen LogP contribution in [0.3, 0.4) is 0 Å². The maximum atomic E-state index is 5.85. The molecule has 0 saturated heterocycles. The van der Waals surface area contributed by atoms with E-state index in [0.29, 0.717) is 29.7 Å². The van der Waals surface area contributed by atoms with Crippen molar-refractivity contribution in [2.75, 3.05) is 34.5 Å². The van der Waals surface area contributed by atoms with Gasteiger partial charge in [0.1, 0.15) is 5.75 Å². The van der Waals surface area contributed by atoms with E-state index < -0.39 is 0 Å². The third-order valence-corrected chi connectivity index (χ3v) is 4.49. The van der Waals surface area contributed by atoms with Crippen molar-refractivity contribution in [3.63, 3.8) is 0 Å². The van der Waals surface area contributed by atoms with E-state index in [1.165, 1.54) is 5.56 Å². The molecular formula is C20H25NO4. The van der Waals surface area contributed by atoms with Crippen LogP contribution >= 0.6 is 0 Å². The van der Waals surface area contributed by atoms with Gasteiger partial charge >= 0.3 is 0 Å². The number of hydrogen-bond donors (Lipinski definition) is 1. The van der Waals surface area contributed by atoms with Crippen LogP contribution < -0.4 is 24.3 Å². The summed E-state index contributed by atoms with van der Waals surface area (Å²) >= 11 is 0. The molecule has 5 nitrogen and oxygen atoms in total. The summed E-state index contributed by atoms with van der Waals surface area (Å²) in [6.07, 6.45) is 1.03. The molecule has 1 atom stereocenters. The zero-order valence-electron chi connectivity index (χ0n) is 15.0. The van der Waals surface area contributed by atoms with Crippen LogP contribution in [0.15, 0.2) is 36.4 Å². The first-order valence-corrected chi connectivity index (χ1v) is 8.46. The molecule has 1 unspecified atom stereocenters. The number of ether oxygens (including phenoxy) is 4. The van der Waals surface area contributed by atoms with Crippen LogP contribution in [0.1, 0.15) is 11.1 Å². The van der Waals surface area contributed by atoms with E-state index in [2.05, 4.69) is 17.4 Å². The monoisotopic (exact) mass is 343 g/mol. The van der Waals surface area contributed by atoms with Gasteiger partial charge in [0.2, 0.25) is 5.75 Å². The first kappa shape index (κ1) is 17.4. The van der Waals surface area contributed by atoms with Crippen molar-refractivity contribution in [3.8, 4) is 23.0 Å². The second-order valence-electron chi connectivity index (χ2n) is 6.11. The van der Waals surface area contributed by atoms with Crippen molar-refractivity contribution >= 4 is 0 Å². The number of methoxy groups -OCH3 is 3. The fourth-order valence-electron chi connectivity index (χ4n) is 3.24. The molecule has 5 heteroatoms. The SMILES string of the molecule is COc1ccc(CNCC2COc3ccccc3C2)c(OC)c1OC. The highest BCUT2D eigenvalue weighted by atomic mass is 16.5. The lowest BCUT2D eigenvalue weighted by Crippen LogP contribution is -2.31. The highest BCUT2D eigenvalue weighted by Crippen LogP contribution is 2.39. The quantitative estimate of drug-likeness (QED) is 0.837. The molecule has 3 rings (SSSR count). The molecule has 1 aliphatic rings. The molecule has 0 radical (unpaired) electrons. The molecular weight excluding hydrogens is 318 g/mol. The van der Waals surface area contributed by atoms with Gasteiger partial charge in [0.25, 0.3) is 0 Å². The fourth-order valence-corrected chi connectivity index (χ4v) is 3.24. The summed E-state index contributed by atoms with van der Waals surface area (Å²) in [7, 11) is 4.89. The Morgan fingerprint density at radius 2 is 1.80 bits per heavy atom. The molecule has 1 N–H and O–H groups in total. The van der Waals surface area contributed by atoms with Gasteiger partial charge in [-0.05, 0) is 24.1 Å². The average molecular weight is 343 g/mol. The molecule has 2 aromatic rings. The van der Waals surface area contributed by atoms with Crippen LogP contribution in [0.5, 0.6) is 23.0 Å². The predicted octanol–water partition coefficient (Wildman–Crippen LogP) is 3.05. The summed E-state index contributed by atoms with van der Waals surface area (Å²) in [5, 5.41) is 3.51. The molecule has 0 aromatic heterocycles. The standard InChI is InChI=1S/C20H25NO4/c1-22-18-9-8-16(19(23-2)20(18)24-3)12-21-11-14-10-15-6-4-5-7-17(15)25-13-14/h4-9,14,21H,10-13H2,1-3H3. The Hall–Kier alpha value is -2.40.